The number of carbonyl (C=O) groups is 1. The minimum atomic E-state index is -0.156. The number of ether oxygens (including phenoxy) is 3. The lowest BCUT2D eigenvalue weighted by Gasteiger charge is -2.27. The number of benzene rings is 1. The summed E-state index contributed by atoms with van der Waals surface area (Å²) in [4.78, 5) is 12.1. The molecular weight excluding hydrogens is 308 g/mol. The van der Waals surface area contributed by atoms with Crippen molar-refractivity contribution in [2.75, 3.05) is 27.4 Å². The summed E-state index contributed by atoms with van der Waals surface area (Å²) in [5.41, 5.74) is 0.961. The lowest BCUT2D eigenvalue weighted by molar-refractivity contribution is 0.00345. The first kappa shape index (κ1) is 18.4. The van der Waals surface area contributed by atoms with E-state index >= 15 is 0 Å². The molecule has 3 atom stereocenters. The third-order valence-electron chi connectivity index (χ3n) is 4.40. The summed E-state index contributed by atoms with van der Waals surface area (Å²) >= 11 is 0. The van der Waals surface area contributed by atoms with Gasteiger partial charge in [-0.25, -0.2) is 4.79 Å². The Morgan fingerprint density at radius 3 is 2.75 bits per heavy atom. The van der Waals surface area contributed by atoms with Crippen LogP contribution in [0.25, 0.3) is 0 Å². The third-order valence-corrected chi connectivity index (χ3v) is 4.40. The number of hydrogen-bond acceptors (Lipinski definition) is 4. The normalized spacial score (nSPS) is 21.7. The molecule has 0 aliphatic carbocycles. The molecule has 0 bridgehead atoms. The van der Waals surface area contributed by atoms with Crippen molar-refractivity contribution in [3.8, 4) is 11.5 Å². The zero-order valence-corrected chi connectivity index (χ0v) is 14.9. The second-order valence-corrected chi connectivity index (χ2v) is 6.26. The second kappa shape index (κ2) is 8.78. The SMILES string of the molecule is COc1ccc([C@H](C)NC(=O)NC[C@H]2CCO[C@H](C)C2)cc1OC. The molecule has 1 aliphatic rings. The quantitative estimate of drug-likeness (QED) is 0.838. The zero-order chi connectivity index (χ0) is 17.5. The second-order valence-electron chi connectivity index (χ2n) is 6.26. The van der Waals surface area contributed by atoms with Gasteiger partial charge >= 0.3 is 6.03 Å². The van der Waals surface area contributed by atoms with E-state index in [2.05, 4.69) is 17.6 Å². The number of methoxy groups -OCH3 is 2. The number of carbonyl (C=O) groups excluding carboxylic acids is 1. The smallest absolute Gasteiger partial charge is 0.315 e. The van der Waals surface area contributed by atoms with Crippen molar-refractivity contribution >= 4 is 6.03 Å². The predicted octanol–water partition coefficient (Wildman–Crippen LogP) is 2.88. The topological polar surface area (TPSA) is 68.8 Å². The maximum absolute atomic E-state index is 12.1. The lowest BCUT2D eigenvalue weighted by atomic mass is 9.96. The van der Waals surface area contributed by atoms with Crippen LogP contribution >= 0.6 is 0 Å². The first-order valence-electron chi connectivity index (χ1n) is 8.41. The summed E-state index contributed by atoms with van der Waals surface area (Å²) in [6.45, 7) is 5.47. The van der Waals surface area contributed by atoms with Crippen molar-refractivity contribution in [2.24, 2.45) is 5.92 Å². The van der Waals surface area contributed by atoms with Gasteiger partial charge in [-0.05, 0) is 50.3 Å². The standard InChI is InChI=1S/C18H28N2O4/c1-12-9-14(7-8-24-12)11-19-18(21)20-13(2)15-5-6-16(22-3)17(10-15)23-4/h5-6,10,12-14H,7-9,11H2,1-4H3,(H2,19,20,21)/t12-,13+,14+/m1/s1. The highest BCUT2D eigenvalue weighted by atomic mass is 16.5. The van der Waals surface area contributed by atoms with Crippen LogP contribution in [0.5, 0.6) is 11.5 Å². The molecule has 1 aromatic rings. The Kier molecular flexibility index (Phi) is 6.73. The minimum absolute atomic E-state index is 0.126. The molecule has 0 spiro atoms. The van der Waals surface area contributed by atoms with Gasteiger partial charge in [0.1, 0.15) is 0 Å². The van der Waals surface area contributed by atoms with Gasteiger partial charge in [0.05, 0.1) is 26.4 Å². The van der Waals surface area contributed by atoms with Crippen LogP contribution in [0.3, 0.4) is 0 Å². The van der Waals surface area contributed by atoms with E-state index in [1.54, 1.807) is 14.2 Å². The molecule has 0 unspecified atom stereocenters. The van der Waals surface area contributed by atoms with Gasteiger partial charge in [-0.2, -0.15) is 0 Å². The molecule has 0 aromatic heterocycles. The predicted molar refractivity (Wildman–Crippen MR) is 92.6 cm³/mol. The lowest BCUT2D eigenvalue weighted by Crippen LogP contribution is -2.41. The number of rotatable bonds is 6. The number of nitrogens with one attached hydrogen (secondary N) is 2. The van der Waals surface area contributed by atoms with E-state index in [1.165, 1.54) is 0 Å². The van der Waals surface area contributed by atoms with Crippen LogP contribution in [0.4, 0.5) is 4.79 Å². The van der Waals surface area contributed by atoms with E-state index in [9.17, 15) is 4.79 Å². The molecule has 2 rings (SSSR count). The Morgan fingerprint density at radius 2 is 2.08 bits per heavy atom. The molecule has 0 radical (unpaired) electrons. The summed E-state index contributed by atoms with van der Waals surface area (Å²) in [5.74, 6) is 1.81. The van der Waals surface area contributed by atoms with E-state index in [0.717, 1.165) is 25.0 Å². The molecule has 1 fully saturated rings. The van der Waals surface area contributed by atoms with Crippen LogP contribution in [-0.2, 0) is 4.74 Å². The van der Waals surface area contributed by atoms with Crippen molar-refractivity contribution in [3.05, 3.63) is 23.8 Å². The fourth-order valence-electron chi connectivity index (χ4n) is 2.97. The number of hydrogen-bond donors (Lipinski definition) is 2. The molecule has 1 aliphatic heterocycles. The van der Waals surface area contributed by atoms with Crippen LogP contribution in [0.15, 0.2) is 18.2 Å². The highest BCUT2D eigenvalue weighted by Crippen LogP contribution is 2.29. The van der Waals surface area contributed by atoms with E-state index < -0.39 is 0 Å². The molecular formula is C18H28N2O4. The Balaban J connectivity index is 1.84. The molecule has 1 aromatic carbocycles. The summed E-state index contributed by atoms with van der Waals surface area (Å²) < 4.78 is 16.1. The number of amides is 2. The van der Waals surface area contributed by atoms with E-state index in [0.29, 0.717) is 24.0 Å². The summed E-state index contributed by atoms with van der Waals surface area (Å²) in [5, 5.41) is 5.92. The van der Waals surface area contributed by atoms with Gasteiger partial charge in [-0.1, -0.05) is 6.07 Å². The Bertz CT molecular complexity index is 550. The maximum atomic E-state index is 12.1. The maximum Gasteiger partial charge on any atom is 0.315 e. The minimum Gasteiger partial charge on any atom is -0.493 e. The third kappa shape index (κ3) is 5.03. The molecule has 24 heavy (non-hydrogen) atoms. The monoisotopic (exact) mass is 336 g/mol. The average molecular weight is 336 g/mol. The van der Waals surface area contributed by atoms with Gasteiger partial charge in [0, 0.05) is 13.2 Å². The fourth-order valence-corrected chi connectivity index (χ4v) is 2.97. The van der Waals surface area contributed by atoms with Crippen molar-refractivity contribution in [2.45, 2.75) is 38.8 Å². The molecule has 6 heteroatoms. The van der Waals surface area contributed by atoms with Crippen molar-refractivity contribution in [3.63, 3.8) is 0 Å². The first-order valence-corrected chi connectivity index (χ1v) is 8.41. The van der Waals surface area contributed by atoms with E-state index in [4.69, 9.17) is 14.2 Å². The Morgan fingerprint density at radius 1 is 1.33 bits per heavy atom. The van der Waals surface area contributed by atoms with Crippen LogP contribution in [0.2, 0.25) is 0 Å². The van der Waals surface area contributed by atoms with Crippen LogP contribution in [0.1, 0.15) is 38.3 Å². The van der Waals surface area contributed by atoms with Gasteiger partial charge in [-0.15, -0.1) is 0 Å². The summed E-state index contributed by atoms with van der Waals surface area (Å²) in [6, 6.07) is 5.36. The summed E-state index contributed by atoms with van der Waals surface area (Å²) in [7, 11) is 3.20. The van der Waals surface area contributed by atoms with Gasteiger partial charge in [-0.3, -0.25) is 0 Å². The van der Waals surface area contributed by atoms with Gasteiger partial charge < -0.3 is 24.8 Å². The molecule has 0 saturated carbocycles. The largest absolute Gasteiger partial charge is 0.493 e. The Hall–Kier alpha value is -1.95. The average Bonchev–Trinajstić information content (AvgIpc) is 2.59. The zero-order valence-electron chi connectivity index (χ0n) is 14.9. The summed E-state index contributed by atoms with van der Waals surface area (Å²) in [6.07, 6.45) is 2.26. The van der Waals surface area contributed by atoms with Gasteiger partial charge in [0.15, 0.2) is 11.5 Å². The Labute approximate surface area is 143 Å². The van der Waals surface area contributed by atoms with Crippen LogP contribution in [-0.4, -0.2) is 39.5 Å². The highest BCUT2D eigenvalue weighted by molar-refractivity contribution is 5.74. The fraction of sp³-hybridized carbons (Fsp3) is 0.611. The number of urea groups is 1. The molecule has 1 saturated heterocycles. The van der Waals surface area contributed by atoms with E-state index in [1.807, 2.05) is 25.1 Å². The van der Waals surface area contributed by atoms with Gasteiger partial charge in [0.2, 0.25) is 0 Å². The van der Waals surface area contributed by atoms with Crippen molar-refractivity contribution in [1.82, 2.24) is 10.6 Å². The van der Waals surface area contributed by atoms with Gasteiger partial charge in [0.25, 0.3) is 0 Å². The first-order chi connectivity index (χ1) is 11.5. The molecule has 1 heterocycles. The van der Waals surface area contributed by atoms with Crippen LogP contribution < -0.4 is 20.1 Å². The molecule has 2 amide bonds. The van der Waals surface area contributed by atoms with Crippen LogP contribution in [0, 0.1) is 5.92 Å². The van der Waals surface area contributed by atoms with Crippen molar-refractivity contribution in [1.29, 1.82) is 0 Å². The highest BCUT2D eigenvalue weighted by Gasteiger charge is 2.20. The molecule has 2 N–H and O–H groups in total. The molecule has 134 valence electrons. The van der Waals surface area contributed by atoms with E-state index in [-0.39, 0.29) is 18.2 Å². The van der Waals surface area contributed by atoms with Crippen molar-refractivity contribution < 1.29 is 19.0 Å². The molecule has 6 nitrogen and oxygen atoms in total.